The largest absolute Gasteiger partial charge is 0.309 e. The second-order valence-corrected chi connectivity index (χ2v) is 13.3. The van der Waals surface area contributed by atoms with Crippen molar-refractivity contribution in [1.82, 2.24) is 8.97 Å². The van der Waals surface area contributed by atoms with E-state index in [2.05, 4.69) is 191 Å². The molecule has 232 valence electrons. The predicted octanol–water partition coefficient (Wildman–Crippen LogP) is 12.9. The second kappa shape index (κ2) is 10.4. The normalized spacial score (nSPS) is 12.0. The highest BCUT2D eigenvalue weighted by Gasteiger charge is 2.23. The molecular formula is C48H30N2. The van der Waals surface area contributed by atoms with Crippen molar-refractivity contribution in [2.75, 3.05) is 0 Å². The van der Waals surface area contributed by atoms with Crippen molar-refractivity contribution in [1.29, 1.82) is 0 Å². The molecule has 0 amide bonds. The topological polar surface area (TPSA) is 9.34 Å². The number of aromatic nitrogens is 2. The third-order valence-corrected chi connectivity index (χ3v) is 10.7. The molecule has 3 heterocycles. The van der Waals surface area contributed by atoms with Gasteiger partial charge in [-0.3, -0.25) is 0 Å². The van der Waals surface area contributed by atoms with Crippen LogP contribution in [-0.4, -0.2) is 8.97 Å². The van der Waals surface area contributed by atoms with Crippen LogP contribution in [-0.2, 0) is 0 Å². The van der Waals surface area contributed by atoms with Crippen molar-refractivity contribution >= 4 is 59.9 Å². The van der Waals surface area contributed by atoms with E-state index < -0.39 is 0 Å². The fraction of sp³-hybridized carbons (Fsp3) is 0. The molecular weight excluding hydrogens is 605 g/mol. The fourth-order valence-electron chi connectivity index (χ4n) is 8.52. The van der Waals surface area contributed by atoms with E-state index in [1.165, 1.54) is 93.3 Å². The summed E-state index contributed by atoms with van der Waals surface area (Å²) >= 11 is 0. The zero-order valence-corrected chi connectivity index (χ0v) is 27.2. The van der Waals surface area contributed by atoms with E-state index in [0.29, 0.717) is 0 Å². The molecule has 0 saturated carbocycles. The lowest BCUT2D eigenvalue weighted by Gasteiger charge is -2.13. The highest BCUT2D eigenvalue weighted by atomic mass is 15.0. The van der Waals surface area contributed by atoms with Crippen LogP contribution in [0.1, 0.15) is 0 Å². The number of hydrogen-bond donors (Lipinski definition) is 0. The Morgan fingerprint density at radius 1 is 0.300 bits per heavy atom. The Bertz CT molecular complexity index is 3070. The Kier molecular flexibility index (Phi) is 5.70. The van der Waals surface area contributed by atoms with Gasteiger partial charge in [-0.05, 0) is 75.2 Å². The summed E-state index contributed by atoms with van der Waals surface area (Å²) in [7, 11) is 0. The fourth-order valence-corrected chi connectivity index (χ4v) is 8.52. The van der Waals surface area contributed by atoms with Crippen molar-refractivity contribution in [3.05, 3.63) is 182 Å². The molecule has 0 aliphatic rings. The Morgan fingerprint density at radius 2 is 0.900 bits per heavy atom. The maximum absolute atomic E-state index is 2.53. The predicted molar refractivity (Wildman–Crippen MR) is 212 cm³/mol. The van der Waals surface area contributed by atoms with Gasteiger partial charge in [-0.2, -0.15) is 0 Å². The molecule has 8 aromatic carbocycles. The zero-order chi connectivity index (χ0) is 32.8. The van der Waals surface area contributed by atoms with Crippen LogP contribution in [0.25, 0.3) is 99.0 Å². The van der Waals surface area contributed by atoms with Gasteiger partial charge in [0.05, 0.1) is 27.6 Å². The average molecular weight is 635 g/mol. The molecule has 0 spiro atoms. The minimum Gasteiger partial charge on any atom is -0.309 e. The molecule has 2 nitrogen and oxygen atoms in total. The molecule has 0 N–H and O–H groups in total. The van der Waals surface area contributed by atoms with Crippen LogP contribution in [0.2, 0.25) is 0 Å². The molecule has 3 aromatic heterocycles. The summed E-state index contributed by atoms with van der Waals surface area (Å²) in [6, 6.07) is 66.6. The van der Waals surface area contributed by atoms with Crippen molar-refractivity contribution < 1.29 is 0 Å². The summed E-state index contributed by atoms with van der Waals surface area (Å²) in [6.07, 6.45) is 0. The molecule has 2 heteroatoms. The quantitative estimate of drug-likeness (QED) is 0.182. The van der Waals surface area contributed by atoms with Crippen molar-refractivity contribution in [3.63, 3.8) is 0 Å². The van der Waals surface area contributed by atoms with Gasteiger partial charge >= 0.3 is 0 Å². The van der Waals surface area contributed by atoms with Gasteiger partial charge in [0.2, 0.25) is 0 Å². The van der Waals surface area contributed by atoms with Crippen LogP contribution in [0.5, 0.6) is 0 Å². The van der Waals surface area contributed by atoms with E-state index in [4.69, 9.17) is 0 Å². The van der Waals surface area contributed by atoms with Gasteiger partial charge in [-0.25, -0.2) is 0 Å². The molecule has 0 atom stereocenters. The van der Waals surface area contributed by atoms with Crippen molar-refractivity contribution in [2.45, 2.75) is 0 Å². The summed E-state index contributed by atoms with van der Waals surface area (Å²) < 4.78 is 5.01. The van der Waals surface area contributed by atoms with Crippen LogP contribution in [0.4, 0.5) is 0 Å². The highest BCUT2D eigenvalue weighted by molar-refractivity contribution is 6.33. The highest BCUT2D eigenvalue weighted by Crippen LogP contribution is 2.46. The van der Waals surface area contributed by atoms with Gasteiger partial charge in [0.1, 0.15) is 0 Å². The van der Waals surface area contributed by atoms with Gasteiger partial charge in [0.25, 0.3) is 0 Å². The number of nitrogens with zero attached hydrogens (tertiary/aromatic N) is 2. The van der Waals surface area contributed by atoms with E-state index in [-0.39, 0.29) is 0 Å². The summed E-state index contributed by atoms with van der Waals surface area (Å²) in [5, 5.41) is 7.69. The van der Waals surface area contributed by atoms with Crippen LogP contribution < -0.4 is 0 Å². The van der Waals surface area contributed by atoms with Crippen LogP contribution in [0, 0.1) is 0 Å². The molecule has 11 aromatic rings. The van der Waals surface area contributed by atoms with Crippen molar-refractivity contribution in [3.8, 4) is 39.1 Å². The number of hydrogen-bond acceptors (Lipinski definition) is 0. The van der Waals surface area contributed by atoms with E-state index >= 15 is 0 Å². The number of rotatable bonds is 4. The number of fused-ring (bicyclic) bond motifs is 6. The summed E-state index contributed by atoms with van der Waals surface area (Å²) in [5.41, 5.74) is 14.7. The lowest BCUT2D eigenvalue weighted by atomic mass is 9.94. The molecule has 0 aliphatic heterocycles. The maximum atomic E-state index is 2.53. The van der Waals surface area contributed by atoms with Gasteiger partial charge in [0, 0.05) is 32.6 Å². The Morgan fingerprint density at radius 3 is 1.74 bits per heavy atom. The van der Waals surface area contributed by atoms with Gasteiger partial charge in [0.15, 0.2) is 0 Å². The zero-order valence-electron chi connectivity index (χ0n) is 27.2. The summed E-state index contributed by atoms with van der Waals surface area (Å²) in [6.45, 7) is 0. The van der Waals surface area contributed by atoms with Crippen LogP contribution in [0.15, 0.2) is 182 Å². The molecule has 0 bridgehead atoms. The van der Waals surface area contributed by atoms with E-state index in [0.717, 1.165) is 5.69 Å². The van der Waals surface area contributed by atoms with Crippen LogP contribution in [0.3, 0.4) is 0 Å². The third-order valence-electron chi connectivity index (χ3n) is 10.7. The van der Waals surface area contributed by atoms with E-state index in [1.807, 2.05) is 0 Å². The third kappa shape index (κ3) is 3.79. The van der Waals surface area contributed by atoms with E-state index in [9.17, 15) is 0 Å². The Hall–Kier alpha value is -6.64. The monoisotopic (exact) mass is 634 g/mol. The lowest BCUT2D eigenvalue weighted by molar-refractivity contribution is 1.18. The molecule has 0 radical (unpaired) electrons. The standard InChI is InChI=1S/C48H30N2/c1-3-13-31(14-4-1)33-25-26-39-41-27-28-44-47-46-40(38-21-9-10-23-42(38)50(48(41)47)45(39)30-33)22-12-24-43(46)49(44)35-18-11-17-34(29-35)37-20-8-7-19-36(37)32-15-5-2-6-16-32/h1-30H. The molecule has 0 saturated heterocycles. The lowest BCUT2D eigenvalue weighted by Crippen LogP contribution is -1.95. The summed E-state index contributed by atoms with van der Waals surface area (Å²) in [4.78, 5) is 0. The molecule has 11 rings (SSSR count). The van der Waals surface area contributed by atoms with Gasteiger partial charge < -0.3 is 8.97 Å². The maximum Gasteiger partial charge on any atom is 0.0641 e. The molecule has 0 aliphatic carbocycles. The molecule has 0 fully saturated rings. The first-order chi connectivity index (χ1) is 24.8. The first-order valence-corrected chi connectivity index (χ1v) is 17.3. The van der Waals surface area contributed by atoms with Crippen LogP contribution >= 0.6 is 0 Å². The SMILES string of the molecule is c1ccc(-c2ccc3c4ccc5c6c7c(cccc7n5-c5cccc(-c7ccccc7-c7ccccc7)c5)c5ccccc5n(c3c2)c46)cc1. The minimum absolute atomic E-state index is 1.16. The minimum atomic E-state index is 1.16. The molecule has 0 unspecified atom stereocenters. The first-order valence-electron chi connectivity index (χ1n) is 17.3. The summed E-state index contributed by atoms with van der Waals surface area (Å²) in [5.74, 6) is 0. The van der Waals surface area contributed by atoms with Gasteiger partial charge in [-0.15, -0.1) is 0 Å². The molecule has 50 heavy (non-hydrogen) atoms. The Labute approximate surface area is 289 Å². The van der Waals surface area contributed by atoms with Crippen molar-refractivity contribution in [2.24, 2.45) is 0 Å². The first kappa shape index (κ1) is 27.3. The number of para-hydroxylation sites is 1. The smallest absolute Gasteiger partial charge is 0.0641 e. The van der Waals surface area contributed by atoms with Gasteiger partial charge in [-0.1, -0.05) is 146 Å². The second-order valence-electron chi connectivity index (χ2n) is 13.3. The number of benzene rings is 8. The Balaban J connectivity index is 1.25. The van der Waals surface area contributed by atoms with E-state index in [1.54, 1.807) is 0 Å². The average Bonchev–Trinajstić information content (AvgIpc) is 3.66.